The predicted molar refractivity (Wildman–Crippen MR) is 77.5 cm³/mol. The normalized spacial score (nSPS) is 11.3. The summed E-state index contributed by atoms with van der Waals surface area (Å²) < 4.78 is 45.1. The molecule has 0 unspecified atom stereocenters. The lowest BCUT2D eigenvalue weighted by atomic mass is 10.1. The van der Waals surface area contributed by atoms with Crippen molar-refractivity contribution < 1.29 is 27.4 Å². The number of halogens is 3. The molecule has 0 radical (unpaired) electrons. The largest absolute Gasteiger partial charge is 0.490 e. The quantitative estimate of drug-likeness (QED) is 0.383. The Balaban J connectivity index is 1.98. The lowest BCUT2D eigenvalue weighted by Crippen LogP contribution is -2.27. The highest BCUT2D eigenvalue weighted by atomic mass is 19.4. The Morgan fingerprint density at radius 3 is 2.43 bits per heavy atom. The van der Waals surface area contributed by atoms with Gasteiger partial charge in [-0.15, -0.1) is 0 Å². The number of rotatable bonds is 5. The van der Waals surface area contributed by atoms with Crippen molar-refractivity contribution in [3.05, 3.63) is 42.0 Å². The van der Waals surface area contributed by atoms with Crippen molar-refractivity contribution in [1.29, 1.82) is 5.41 Å². The molecular formula is C15H13F3N2O3. The van der Waals surface area contributed by atoms with Crippen LogP contribution < -0.4 is 10.5 Å². The summed E-state index contributed by atoms with van der Waals surface area (Å²) in [5.74, 6) is -1.91. The zero-order chi connectivity index (χ0) is 17.0. The Labute approximate surface area is 129 Å². The molecule has 8 heteroatoms. The van der Waals surface area contributed by atoms with Gasteiger partial charge in [0.25, 0.3) is 0 Å². The van der Waals surface area contributed by atoms with Crippen molar-refractivity contribution in [1.82, 2.24) is 0 Å². The zero-order valence-corrected chi connectivity index (χ0v) is 11.8. The molecule has 0 aliphatic heterocycles. The molecule has 2 aromatic carbocycles. The number of esters is 1. The Morgan fingerprint density at radius 1 is 1.09 bits per heavy atom. The van der Waals surface area contributed by atoms with Crippen molar-refractivity contribution in [3.63, 3.8) is 0 Å². The van der Waals surface area contributed by atoms with Gasteiger partial charge in [0.2, 0.25) is 0 Å². The van der Waals surface area contributed by atoms with E-state index in [1.165, 1.54) is 0 Å². The molecule has 0 amide bonds. The number of amidine groups is 1. The Bertz CT molecular complexity index is 744. The van der Waals surface area contributed by atoms with E-state index in [-0.39, 0.29) is 12.4 Å². The van der Waals surface area contributed by atoms with Gasteiger partial charge in [0.15, 0.2) is 0 Å². The summed E-state index contributed by atoms with van der Waals surface area (Å²) in [6.45, 7) is -0.719. The fourth-order valence-electron chi connectivity index (χ4n) is 1.86. The van der Waals surface area contributed by atoms with Crippen LogP contribution in [0.4, 0.5) is 13.2 Å². The van der Waals surface area contributed by atoms with Crippen LogP contribution in [-0.4, -0.2) is 31.2 Å². The standard InChI is InChI=1S/C15H13F3N2O3/c16-15(17,18)14(21)23-6-5-22-12-4-3-9-1-2-10(13(19)20)7-11(9)8-12/h1-4,7-8H,5-6H2,(H3,19,20). The molecule has 0 aliphatic rings. The SMILES string of the molecule is N=C(N)c1ccc2ccc(OCCOC(=O)C(F)(F)F)cc2c1. The molecule has 0 bridgehead atoms. The van der Waals surface area contributed by atoms with Crippen LogP contribution in [0.3, 0.4) is 0 Å². The number of fused-ring (bicyclic) bond motifs is 1. The van der Waals surface area contributed by atoms with Crippen molar-refractivity contribution in [2.75, 3.05) is 13.2 Å². The molecule has 0 aromatic heterocycles. The molecule has 5 nitrogen and oxygen atoms in total. The smallest absolute Gasteiger partial charge is 0.490 e. The van der Waals surface area contributed by atoms with Gasteiger partial charge in [-0.1, -0.05) is 18.2 Å². The lowest BCUT2D eigenvalue weighted by molar-refractivity contribution is -0.200. The van der Waals surface area contributed by atoms with Crippen molar-refractivity contribution in [2.24, 2.45) is 5.73 Å². The molecule has 0 fully saturated rings. The predicted octanol–water partition coefficient (Wildman–Crippen LogP) is 2.61. The summed E-state index contributed by atoms with van der Waals surface area (Å²) in [5.41, 5.74) is 5.97. The summed E-state index contributed by atoms with van der Waals surface area (Å²) in [6.07, 6.45) is -5.01. The third-order valence-electron chi connectivity index (χ3n) is 2.94. The van der Waals surface area contributed by atoms with Crippen LogP contribution in [0.2, 0.25) is 0 Å². The van der Waals surface area contributed by atoms with E-state index in [0.29, 0.717) is 11.3 Å². The second kappa shape index (κ2) is 6.55. The number of hydrogen-bond donors (Lipinski definition) is 2. The lowest BCUT2D eigenvalue weighted by Gasteiger charge is -2.10. The fourth-order valence-corrected chi connectivity index (χ4v) is 1.86. The second-order valence-electron chi connectivity index (χ2n) is 4.62. The van der Waals surface area contributed by atoms with Crippen LogP contribution >= 0.6 is 0 Å². The van der Waals surface area contributed by atoms with Crippen LogP contribution in [-0.2, 0) is 9.53 Å². The minimum atomic E-state index is -5.01. The van der Waals surface area contributed by atoms with Crippen LogP contribution in [0.25, 0.3) is 10.8 Å². The van der Waals surface area contributed by atoms with Gasteiger partial charge in [0, 0.05) is 5.56 Å². The molecule has 0 heterocycles. The number of ether oxygens (including phenoxy) is 2. The number of alkyl halides is 3. The molecule has 2 rings (SSSR count). The number of nitrogens with two attached hydrogens (primary N) is 1. The molecule has 2 aromatic rings. The summed E-state index contributed by atoms with van der Waals surface area (Å²) in [7, 11) is 0. The van der Waals surface area contributed by atoms with E-state index in [1.54, 1.807) is 36.4 Å². The van der Waals surface area contributed by atoms with E-state index in [2.05, 4.69) is 4.74 Å². The van der Waals surface area contributed by atoms with E-state index in [0.717, 1.165) is 10.8 Å². The number of carbonyl (C=O) groups excluding carboxylic acids is 1. The molecule has 0 saturated heterocycles. The van der Waals surface area contributed by atoms with Gasteiger partial charge in [0.1, 0.15) is 24.8 Å². The maximum atomic E-state index is 11.9. The molecule has 0 spiro atoms. The first-order valence-corrected chi connectivity index (χ1v) is 6.52. The van der Waals surface area contributed by atoms with E-state index in [1.807, 2.05) is 0 Å². The molecule has 122 valence electrons. The van der Waals surface area contributed by atoms with E-state index in [9.17, 15) is 18.0 Å². The van der Waals surface area contributed by atoms with Gasteiger partial charge in [0.05, 0.1) is 0 Å². The number of nitrogen functional groups attached to an aromatic ring is 1. The molecule has 0 aliphatic carbocycles. The number of nitrogens with one attached hydrogen (secondary N) is 1. The highest BCUT2D eigenvalue weighted by Crippen LogP contribution is 2.22. The average molecular weight is 326 g/mol. The molecular weight excluding hydrogens is 313 g/mol. The third-order valence-corrected chi connectivity index (χ3v) is 2.94. The minimum Gasteiger partial charge on any atom is -0.490 e. The minimum absolute atomic E-state index is 0.0720. The molecule has 23 heavy (non-hydrogen) atoms. The Hall–Kier alpha value is -2.77. The van der Waals surface area contributed by atoms with Gasteiger partial charge in [-0.2, -0.15) is 13.2 Å². The van der Waals surface area contributed by atoms with E-state index >= 15 is 0 Å². The summed E-state index contributed by atoms with van der Waals surface area (Å²) in [4.78, 5) is 10.5. The molecule has 0 saturated carbocycles. The van der Waals surface area contributed by atoms with Crippen molar-refractivity contribution >= 4 is 22.6 Å². The Kier molecular flexibility index (Phi) is 4.73. The molecule has 0 atom stereocenters. The summed E-state index contributed by atoms with van der Waals surface area (Å²) in [5, 5.41) is 9.06. The van der Waals surface area contributed by atoms with Gasteiger partial charge >= 0.3 is 12.1 Å². The maximum absolute atomic E-state index is 11.9. The first kappa shape index (κ1) is 16.6. The first-order valence-electron chi connectivity index (χ1n) is 6.52. The monoisotopic (exact) mass is 326 g/mol. The van der Waals surface area contributed by atoms with E-state index in [4.69, 9.17) is 15.9 Å². The van der Waals surface area contributed by atoms with Crippen LogP contribution in [0.5, 0.6) is 5.75 Å². The third kappa shape index (κ3) is 4.35. The first-order chi connectivity index (χ1) is 10.8. The topological polar surface area (TPSA) is 85.4 Å². The van der Waals surface area contributed by atoms with Crippen LogP contribution in [0, 0.1) is 5.41 Å². The number of hydrogen-bond acceptors (Lipinski definition) is 4. The zero-order valence-electron chi connectivity index (χ0n) is 11.8. The van der Waals surface area contributed by atoms with Crippen molar-refractivity contribution in [3.8, 4) is 5.75 Å². The highest BCUT2D eigenvalue weighted by molar-refractivity contribution is 5.99. The van der Waals surface area contributed by atoms with Crippen LogP contribution in [0.1, 0.15) is 5.56 Å². The van der Waals surface area contributed by atoms with Gasteiger partial charge in [-0.25, -0.2) is 4.79 Å². The van der Waals surface area contributed by atoms with Crippen molar-refractivity contribution in [2.45, 2.75) is 6.18 Å². The summed E-state index contributed by atoms with van der Waals surface area (Å²) >= 11 is 0. The Morgan fingerprint density at radius 2 is 1.78 bits per heavy atom. The van der Waals surface area contributed by atoms with Gasteiger partial charge in [-0.05, 0) is 29.0 Å². The van der Waals surface area contributed by atoms with E-state index < -0.39 is 18.8 Å². The number of carbonyl (C=O) groups is 1. The second-order valence-corrected chi connectivity index (χ2v) is 4.62. The maximum Gasteiger partial charge on any atom is 0.490 e. The number of benzene rings is 2. The summed E-state index contributed by atoms with van der Waals surface area (Å²) in [6, 6.07) is 10.3. The highest BCUT2D eigenvalue weighted by Gasteiger charge is 2.40. The molecule has 3 N–H and O–H groups in total. The van der Waals surface area contributed by atoms with Gasteiger partial charge < -0.3 is 15.2 Å². The van der Waals surface area contributed by atoms with Gasteiger partial charge in [-0.3, -0.25) is 5.41 Å². The van der Waals surface area contributed by atoms with Crippen LogP contribution in [0.15, 0.2) is 36.4 Å². The average Bonchev–Trinajstić information content (AvgIpc) is 2.49. The fraction of sp³-hybridized carbons (Fsp3) is 0.200.